The summed E-state index contributed by atoms with van der Waals surface area (Å²) in [5.74, 6) is 5.29. The number of nitrogens with one attached hydrogen (secondary N) is 1. The molecule has 2 N–H and O–H groups in total. The molecule has 4 nitrogen and oxygen atoms in total. The van der Waals surface area contributed by atoms with Gasteiger partial charge in [-0.1, -0.05) is 35.0 Å². The molecule has 2 aromatic rings. The molecule has 2 rings (SSSR count). The molecule has 0 unspecified atom stereocenters. The Morgan fingerprint density at radius 3 is 2.67 bits per heavy atom. The molecule has 112 valence electrons. The fraction of sp³-hybridized carbons (Fsp3) is 0.167. The third kappa shape index (κ3) is 4.44. The zero-order valence-corrected chi connectivity index (χ0v) is 14.4. The van der Waals surface area contributed by atoms with Crippen LogP contribution in [0.5, 0.6) is 0 Å². The molecular weight excluding hydrogens is 373 g/mol. The Bertz CT molecular complexity index is 799. The van der Waals surface area contributed by atoms with E-state index in [1.807, 2.05) is 0 Å². The van der Waals surface area contributed by atoms with E-state index in [0.717, 1.165) is 21.1 Å². The van der Waals surface area contributed by atoms with E-state index < -0.39 is 10.0 Å². The Morgan fingerprint density at radius 1 is 1.29 bits per heavy atom. The van der Waals surface area contributed by atoms with Gasteiger partial charge in [0.2, 0.25) is 10.0 Å². The molecule has 0 atom stereocenters. The van der Waals surface area contributed by atoms with Gasteiger partial charge in [-0.05, 0) is 18.2 Å². The van der Waals surface area contributed by atoms with E-state index in [-0.39, 0.29) is 22.4 Å². The topological polar surface area (TPSA) is 66.4 Å². The highest BCUT2D eigenvalue weighted by atomic mass is 35.5. The molecule has 0 saturated carbocycles. The van der Waals surface area contributed by atoms with E-state index in [2.05, 4.69) is 16.6 Å². The predicted molar refractivity (Wildman–Crippen MR) is 86.6 cm³/mol. The standard InChI is InChI=1S/C12H9Cl2NO3S3/c13-11-6-10(12(14)20-11)21(17,18)15-7-9-4-3-8(19-9)2-1-5-16/h3-4,6,15-16H,5,7H2. The van der Waals surface area contributed by atoms with Gasteiger partial charge in [-0.2, -0.15) is 0 Å². The van der Waals surface area contributed by atoms with Crippen molar-refractivity contribution in [1.82, 2.24) is 4.72 Å². The molecule has 0 aliphatic carbocycles. The highest BCUT2D eigenvalue weighted by Gasteiger charge is 2.20. The second-order valence-corrected chi connectivity index (χ2v) is 8.93. The van der Waals surface area contributed by atoms with Gasteiger partial charge in [0.1, 0.15) is 15.8 Å². The van der Waals surface area contributed by atoms with E-state index >= 15 is 0 Å². The maximum atomic E-state index is 12.1. The maximum absolute atomic E-state index is 12.1. The molecule has 0 saturated heterocycles. The quantitative estimate of drug-likeness (QED) is 0.800. The lowest BCUT2D eigenvalue weighted by Crippen LogP contribution is -2.22. The molecule has 0 amide bonds. The van der Waals surface area contributed by atoms with Crippen molar-refractivity contribution in [3.05, 3.63) is 36.6 Å². The number of hydrogen-bond donors (Lipinski definition) is 2. The average Bonchev–Trinajstić information content (AvgIpc) is 3.01. The van der Waals surface area contributed by atoms with Crippen LogP contribution in [0.2, 0.25) is 8.67 Å². The predicted octanol–water partition coefficient (Wildman–Crippen LogP) is 2.94. The summed E-state index contributed by atoms with van der Waals surface area (Å²) in [6.45, 7) is -0.0745. The molecule has 0 fully saturated rings. The summed E-state index contributed by atoms with van der Waals surface area (Å²) in [5, 5.41) is 8.62. The normalized spacial score (nSPS) is 11.2. The number of rotatable bonds is 4. The number of hydrogen-bond acceptors (Lipinski definition) is 5. The third-order valence-corrected chi connectivity index (χ3v) is 6.46. The Morgan fingerprint density at radius 2 is 2.05 bits per heavy atom. The minimum atomic E-state index is -3.70. The Hall–Kier alpha value is -0.590. The molecule has 0 radical (unpaired) electrons. The molecule has 0 bridgehead atoms. The molecule has 0 aliphatic heterocycles. The van der Waals surface area contributed by atoms with Crippen LogP contribution in [0, 0.1) is 11.8 Å². The first-order valence-electron chi connectivity index (χ1n) is 5.55. The van der Waals surface area contributed by atoms with Crippen LogP contribution in [0.4, 0.5) is 0 Å². The fourth-order valence-corrected chi connectivity index (χ4v) is 5.49. The lowest BCUT2D eigenvalue weighted by atomic mass is 10.4. The van der Waals surface area contributed by atoms with Crippen LogP contribution in [-0.4, -0.2) is 20.1 Å². The van der Waals surface area contributed by atoms with E-state index in [4.69, 9.17) is 28.3 Å². The van der Waals surface area contributed by atoms with E-state index in [0.29, 0.717) is 4.34 Å². The summed E-state index contributed by atoms with van der Waals surface area (Å²) in [5.41, 5.74) is 0. The fourth-order valence-electron chi connectivity index (χ4n) is 1.42. The van der Waals surface area contributed by atoms with E-state index in [1.165, 1.54) is 17.4 Å². The van der Waals surface area contributed by atoms with Crippen LogP contribution >= 0.6 is 45.9 Å². The van der Waals surface area contributed by atoms with E-state index in [1.54, 1.807) is 12.1 Å². The molecule has 2 heterocycles. The number of aliphatic hydroxyl groups excluding tert-OH is 1. The second kappa shape index (κ2) is 7.11. The van der Waals surface area contributed by atoms with Gasteiger partial charge >= 0.3 is 0 Å². The minimum absolute atomic E-state index is 0.0176. The largest absolute Gasteiger partial charge is 0.384 e. The molecule has 2 aromatic heterocycles. The van der Waals surface area contributed by atoms with Crippen molar-refractivity contribution in [2.45, 2.75) is 11.4 Å². The zero-order valence-electron chi connectivity index (χ0n) is 10.4. The molecular formula is C12H9Cl2NO3S3. The second-order valence-electron chi connectivity index (χ2n) is 3.74. The summed E-state index contributed by atoms with van der Waals surface area (Å²) in [4.78, 5) is 1.55. The third-order valence-electron chi connectivity index (χ3n) is 2.30. The van der Waals surface area contributed by atoms with Crippen LogP contribution in [0.25, 0.3) is 0 Å². The first kappa shape index (κ1) is 16.8. The van der Waals surface area contributed by atoms with Crippen LogP contribution in [0.3, 0.4) is 0 Å². The number of sulfonamides is 1. The van der Waals surface area contributed by atoms with Crippen LogP contribution in [-0.2, 0) is 16.6 Å². The Balaban J connectivity index is 2.08. The van der Waals surface area contributed by atoms with Crippen LogP contribution < -0.4 is 4.72 Å². The van der Waals surface area contributed by atoms with Gasteiger partial charge in [0, 0.05) is 11.4 Å². The van der Waals surface area contributed by atoms with Gasteiger partial charge < -0.3 is 5.11 Å². The van der Waals surface area contributed by atoms with Crippen molar-refractivity contribution in [3.63, 3.8) is 0 Å². The SMILES string of the molecule is O=S(=O)(NCc1ccc(C#CCO)s1)c1cc(Cl)sc1Cl. The highest BCUT2D eigenvalue weighted by Crippen LogP contribution is 2.34. The molecule has 0 spiro atoms. The summed E-state index contributed by atoms with van der Waals surface area (Å²) >= 11 is 14.0. The minimum Gasteiger partial charge on any atom is -0.384 e. The first-order chi connectivity index (χ1) is 9.92. The molecule has 0 aromatic carbocycles. The maximum Gasteiger partial charge on any atom is 0.243 e. The Kier molecular flexibility index (Phi) is 5.68. The summed E-state index contributed by atoms with van der Waals surface area (Å²) < 4.78 is 27.1. The van der Waals surface area contributed by atoms with Gasteiger partial charge in [-0.25, -0.2) is 13.1 Å². The van der Waals surface area contributed by atoms with Crippen molar-refractivity contribution in [2.75, 3.05) is 6.61 Å². The average molecular weight is 382 g/mol. The molecule has 21 heavy (non-hydrogen) atoms. The Labute approximate surface area is 140 Å². The van der Waals surface area contributed by atoms with Gasteiger partial charge in [0.15, 0.2) is 0 Å². The molecule has 9 heteroatoms. The van der Waals surface area contributed by atoms with Crippen LogP contribution in [0.15, 0.2) is 23.1 Å². The lowest BCUT2D eigenvalue weighted by molar-refractivity contribution is 0.350. The van der Waals surface area contributed by atoms with Gasteiger partial charge in [0.05, 0.1) is 9.21 Å². The number of aliphatic hydroxyl groups is 1. The van der Waals surface area contributed by atoms with Crippen molar-refractivity contribution in [3.8, 4) is 11.8 Å². The van der Waals surface area contributed by atoms with Gasteiger partial charge in [-0.15, -0.1) is 22.7 Å². The van der Waals surface area contributed by atoms with Crippen LogP contribution in [0.1, 0.15) is 9.75 Å². The summed E-state index contributed by atoms with van der Waals surface area (Å²) in [6.07, 6.45) is 0. The zero-order chi connectivity index (χ0) is 15.5. The number of thiophene rings is 2. The van der Waals surface area contributed by atoms with Crippen molar-refractivity contribution >= 4 is 55.9 Å². The lowest BCUT2D eigenvalue weighted by Gasteiger charge is -2.03. The monoisotopic (exact) mass is 381 g/mol. The van der Waals surface area contributed by atoms with Gasteiger partial charge in [-0.3, -0.25) is 0 Å². The number of halogens is 2. The van der Waals surface area contributed by atoms with Crippen molar-refractivity contribution in [1.29, 1.82) is 0 Å². The van der Waals surface area contributed by atoms with E-state index in [9.17, 15) is 8.42 Å². The first-order valence-corrected chi connectivity index (χ1v) is 9.42. The summed E-state index contributed by atoms with van der Waals surface area (Å²) in [6, 6.07) is 4.87. The van der Waals surface area contributed by atoms with Crippen molar-refractivity contribution < 1.29 is 13.5 Å². The molecule has 0 aliphatic rings. The summed E-state index contributed by atoms with van der Waals surface area (Å²) in [7, 11) is -3.70. The smallest absolute Gasteiger partial charge is 0.243 e. The highest BCUT2D eigenvalue weighted by molar-refractivity contribution is 7.89. The van der Waals surface area contributed by atoms with Crippen molar-refractivity contribution in [2.24, 2.45) is 0 Å². The van der Waals surface area contributed by atoms with Gasteiger partial charge in [0.25, 0.3) is 0 Å².